The molecule has 2 heterocycles. The van der Waals surface area contributed by atoms with Crippen molar-refractivity contribution >= 4 is 22.4 Å². The highest BCUT2D eigenvalue weighted by atomic mass is 35.5. The normalized spacial score (nSPS) is 25.4. The van der Waals surface area contributed by atoms with Gasteiger partial charge in [-0.2, -0.15) is 0 Å². The van der Waals surface area contributed by atoms with Gasteiger partial charge in [0, 0.05) is 23.7 Å². The van der Waals surface area contributed by atoms with Gasteiger partial charge in [0.05, 0.1) is 4.90 Å². The van der Waals surface area contributed by atoms with E-state index in [9.17, 15) is 8.42 Å². The molecule has 0 aliphatic carbocycles. The molecular formula is C19H23ClN2O2S. The molecule has 2 fully saturated rings. The predicted molar refractivity (Wildman–Crippen MR) is 102 cm³/mol. The summed E-state index contributed by atoms with van der Waals surface area (Å²) in [5, 5.41) is 3.55. The second kappa shape index (κ2) is 7.46. The van der Waals surface area contributed by atoms with Crippen molar-refractivity contribution in [1.29, 1.82) is 0 Å². The van der Waals surface area contributed by atoms with Crippen LogP contribution in [0.2, 0.25) is 0 Å². The van der Waals surface area contributed by atoms with Crippen LogP contribution in [0, 0.1) is 0 Å². The van der Waals surface area contributed by atoms with Gasteiger partial charge in [0.2, 0.25) is 10.0 Å². The molecule has 25 heavy (non-hydrogen) atoms. The van der Waals surface area contributed by atoms with Crippen molar-refractivity contribution in [3.8, 4) is 11.1 Å². The molecule has 6 heteroatoms. The average Bonchev–Trinajstić information content (AvgIpc) is 2.94. The first-order chi connectivity index (χ1) is 11.6. The lowest BCUT2D eigenvalue weighted by Crippen LogP contribution is -2.47. The Hall–Kier alpha value is -1.40. The Bertz CT molecular complexity index is 814. The van der Waals surface area contributed by atoms with Crippen molar-refractivity contribution in [2.45, 2.75) is 48.7 Å². The number of hydrogen-bond donors (Lipinski definition) is 2. The molecule has 0 amide bonds. The van der Waals surface area contributed by atoms with Crippen molar-refractivity contribution < 1.29 is 8.42 Å². The maximum absolute atomic E-state index is 13.0. The van der Waals surface area contributed by atoms with Crippen LogP contribution < -0.4 is 10.0 Å². The van der Waals surface area contributed by atoms with Crippen LogP contribution in [0.25, 0.3) is 11.1 Å². The minimum absolute atomic E-state index is 0. The van der Waals surface area contributed by atoms with E-state index < -0.39 is 10.0 Å². The predicted octanol–water partition coefficient (Wildman–Crippen LogP) is 3.34. The number of halogens is 1. The van der Waals surface area contributed by atoms with E-state index in [4.69, 9.17) is 0 Å². The Labute approximate surface area is 155 Å². The first-order valence-electron chi connectivity index (χ1n) is 8.55. The van der Waals surface area contributed by atoms with Gasteiger partial charge in [-0.15, -0.1) is 12.4 Å². The highest BCUT2D eigenvalue weighted by Crippen LogP contribution is 2.30. The fraction of sp³-hybridized carbons (Fsp3) is 0.368. The summed E-state index contributed by atoms with van der Waals surface area (Å²) in [6, 6.07) is 17.9. The number of fused-ring (bicyclic) bond motifs is 2. The number of hydrogen-bond acceptors (Lipinski definition) is 3. The van der Waals surface area contributed by atoms with Crippen LogP contribution in [0.1, 0.15) is 25.7 Å². The Kier molecular flexibility index (Phi) is 5.49. The molecule has 0 spiro atoms. The van der Waals surface area contributed by atoms with E-state index in [2.05, 4.69) is 10.0 Å². The SMILES string of the molecule is Cl.O=S(=O)(NC1CC2CCC(C1)N2)c1ccccc1-c1ccccc1. The minimum atomic E-state index is -3.54. The van der Waals surface area contributed by atoms with Gasteiger partial charge in [-0.3, -0.25) is 0 Å². The van der Waals surface area contributed by atoms with Gasteiger partial charge in [0.25, 0.3) is 0 Å². The zero-order valence-corrected chi connectivity index (χ0v) is 15.5. The molecule has 2 saturated heterocycles. The van der Waals surface area contributed by atoms with E-state index in [1.165, 1.54) is 0 Å². The zero-order valence-electron chi connectivity index (χ0n) is 13.9. The van der Waals surface area contributed by atoms with Gasteiger partial charge in [-0.1, -0.05) is 48.5 Å². The van der Waals surface area contributed by atoms with Gasteiger partial charge in [-0.05, 0) is 37.3 Å². The Morgan fingerprint density at radius 3 is 2.16 bits per heavy atom. The Morgan fingerprint density at radius 2 is 1.48 bits per heavy atom. The largest absolute Gasteiger partial charge is 0.311 e. The molecule has 2 aliphatic rings. The van der Waals surface area contributed by atoms with E-state index in [-0.39, 0.29) is 18.4 Å². The fourth-order valence-corrected chi connectivity index (χ4v) is 5.48. The van der Waals surface area contributed by atoms with Crippen molar-refractivity contribution in [2.75, 3.05) is 0 Å². The molecule has 2 aromatic carbocycles. The van der Waals surface area contributed by atoms with E-state index in [1.807, 2.05) is 42.5 Å². The number of benzene rings is 2. The minimum Gasteiger partial charge on any atom is -0.311 e. The molecule has 0 aromatic heterocycles. The van der Waals surface area contributed by atoms with Crippen LogP contribution in [0.4, 0.5) is 0 Å². The van der Waals surface area contributed by atoms with Gasteiger partial charge in [-0.25, -0.2) is 13.1 Å². The van der Waals surface area contributed by atoms with Gasteiger partial charge >= 0.3 is 0 Å². The van der Waals surface area contributed by atoms with E-state index >= 15 is 0 Å². The summed E-state index contributed by atoms with van der Waals surface area (Å²) in [6.45, 7) is 0. The van der Waals surface area contributed by atoms with Crippen molar-refractivity contribution in [2.24, 2.45) is 0 Å². The molecule has 0 radical (unpaired) electrons. The molecule has 2 unspecified atom stereocenters. The molecule has 2 bridgehead atoms. The summed E-state index contributed by atoms with van der Waals surface area (Å²) in [6.07, 6.45) is 4.07. The second-order valence-electron chi connectivity index (χ2n) is 6.79. The summed E-state index contributed by atoms with van der Waals surface area (Å²) in [5.41, 5.74) is 1.67. The van der Waals surface area contributed by atoms with Crippen molar-refractivity contribution in [3.05, 3.63) is 54.6 Å². The van der Waals surface area contributed by atoms with Crippen LogP contribution in [0.5, 0.6) is 0 Å². The van der Waals surface area contributed by atoms with E-state index in [0.717, 1.165) is 36.8 Å². The first kappa shape index (κ1) is 18.4. The summed E-state index contributed by atoms with van der Waals surface area (Å²) in [4.78, 5) is 0.363. The third-order valence-electron chi connectivity index (χ3n) is 5.06. The first-order valence-corrected chi connectivity index (χ1v) is 10.0. The van der Waals surface area contributed by atoms with Crippen LogP contribution in [-0.2, 0) is 10.0 Å². The smallest absolute Gasteiger partial charge is 0.241 e. The molecule has 2 aromatic rings. The number of nitrogens with one attached hydrogen (secondary N) is 2. The van der Waals surface area contributed by atoms with E-state index in [1.54, 1.807) is 12.1 Å². The summed E-state index contributed by atoms with van der Waals surface area (Å²) < 4.78 is 28.9. The molecule has 134 valence electrons. The zero-order chi connectivity index (χ0) is 16.6. The molecule has 2 aliphatic heterocycles. The standard InChI is InChI=1S/C19H22N2O2S.ClH/c22-24(23,21-17-12-15-10-11-16(13-17)20-15)19-9-5-4-8-18(19)14-6-2-1-3-7-14;/h1-9,15-17,20-21H,10-13H2;1H. The van der Waals surface area contributed by atoms with Gasteiger partial charge in [0.15, 0.2) is 0 Å². The van der Waals surface area contributed by atoms with Crippen LogP contribution in [0.15, 0.2) is 59.5 Å². The lowest BCUT2D eigenvalue weighted by atomic mass is 10.0. The molecule has 0 saturated carbocycles. The van der Waals surface area contributed by atoms with Gasteiger partial charge in [0.1, 0.15) is 0 Å². The van der Waals surface area contributed by atoms with Crippen molar-refractivity contribution in [1.82, 2.24) is 10.0 Å². The van der Waals surface area contributed by atoms with E-state index in [0.29, 0.717) is 17.0 Å². The molecule has 2 N–H and O–H groups in total. The van der Waals surface area contributed by atoms with Crippen LogP contribution >= 0.6 is 12.4 Å². The number of rotatable bonds is 4. The lowest BCUT2D eigenvalue weighted by Gasteiger charge is -2.29. The Morgan fingerprint density at radius 1 is 0.880 bits per heavy atom. The third-order valence-corrected chi connectivity index (χ3v) is 6.63. The van der Waals surface area contributed by atoms with Crippen LogP contribution in [-0.4, -0.2) is 26.5 Å². The molecule has 4 rings (SSSR count). The highest BCUT2D eigenvalue weighted by Gasteiger charge is 2.35. The second-order valence-corrected chi connectivity index (χ2v) is 8.47. The lowest BCUT2D eigenvalue weighted by molar-refractivity contribution is 0.345. The fourth-order valence-electron chi connectivity index (χ4n) is 3.99. The van der Waals surface area contributed by atoms with Gasteiger partial charge < -0.3 is 5.32 Å². The molecule has 2 atom stereocenters. The maximum Gasteiger partial charge on any atom is 0.241 e. The summed E-state index contributed by atoms with van der Waals surface area (Å²) in [7, 11) is -3.54. The summed E-state index contributed by atoms with van der Waals surface area (Å²) >= 11 is 0. The molecular weight excluding hydrogens is 356 g/mol. The molecule has 4 nitrogen and oxygen atoms in total. The maximum atomic E-state index is 13.0. The summed E-state index contributed by atoms with van der Waals surface area (Å²) in [5.74, 6) is 0. The number of piperidine rings is 1. The highest BCUT2D eigenvalue weighted by molar-refractivity contribution is 7.89. The quantitative estimate of drug-likeness (QED) is 0.857. The third kappa shape index (κ3) is 3.90. The number of sulfonamides is 1. The monoisotopic (exact) mass is 378 g/mol. The van der Waals surface area contributed by atoms with Crippen LogP contribution in [0.3, 0.4) is 0 Å². The van der Waals surface area contributed by atoms with Crippen molar-refractivity contribution in [3.63, 3.8) is 0 Å². The Balaban J connectivity index is 0.00000182. The average molecular weight is 379 g/mol. The topological polar surface area (TPSA) is 58.2 Å².